The number of halogens is 3. The summed E-state index contributed by atoms with van der Waals surface area (Å²) < 4.78 is 58.9. The first kappa shape index (κ1) is 25.4. The highest BCUT2D eigenvalue weighted by atomic mass is 19.4. The molecule has 1 N–H and O–H groups in total. The molecule has 0 heterocycles. The van der Waals surface area contributed by atoms with Crippen LogP contribution in [0, 0.1) is 10.1 Å². The van der Waals surface area contributed by atoms with Crippen LogP contribution < -0.4 is 14.8 Å². The van der Waals surface area contributed by atoms with E-state index in [1.807, 2.05) is 0 Å². The Bertz CT molecular complexity index is 1030. The molecule has 0 unspecified atom stereocenters. The van der Waals surface area contributed by atoms with Crippen LogP contribution >= 0.6 is 0 Å². The second kappa shape index (κ2) is 11.1. The second-order valence-corrected chi connectivity index (χ2v) is 6.32. The first-order chi connectivity index (χ1) is 15.6. The summed E-state index contributed by atoms with van der Waals surface area (Å²) in [5, 5.41) is 13.5. The number of hydrogen-bond acceptors (Lipinski definition) is 8. The van der Waals surface area contributed by atoms with Crippen LogP contribution in [0.15, 0.2) is 36.4 Å². The van der Waals surface area contributed by atoms with Gasteiger partial charge in [-0.05, 0) is 30.3 Å². The third kappa shape index (κ3) is 7.07. The molecule has 0 saturated carbocycles. The van der Waals surface area contributed by atoms with Crippen LogP contribution in [0.4, 0.5) is 24.5 Å². The molecule has 0 aliphatic rings. The number of amides is 1. The van der Waals surface area contributed by atoms with Crippen LogP contribution in [0.5, 0.6) is 11.5 Å². The maximum Gasteiger partial charge on any atom is 0.416 e. The molecule has 0 aromatic heterocycles. The SMILES string of the molecule is COCCOc1ccc(C(F)(F)F)cc1NC(=O)COc1ccc(C(=O)OC)cc1[N+](=O)[O-]. The van der Waals surface area contributed by atoms with Gasteiger partial charge in [0, 0.05) is 13.2 Å². The van der Waals surface area contributed by atoms with Crippen LogP contribution in [-0.2, 0) is 20.4 Å². The lowest BCUT2D eigenvalue weighted by Gasteiger charge is -2.15. The molecule has 0 saturated heterocycles. The number of nitro groups is 1. The largest absolute Gasteiger partial charge is 0.489 e. The molecule has 0 fully saturated rings. The third-order valence-electron chi connectivity index (χ3n) is 4.06. The molecular formula is C20H19F3N2O8. The average molecular weight is 472 g/mol. The first-order valence-electron chi connectivity index (χ1n) is 9.19. The molecule has 10 nitrogen and oxygen atoms in total. The Kier molecular flexibility index (Phi) is 8.56. The molecule has 2 rings (SSSR count). The van der Waals surface area contributed by atoms with E-state index in [4.69, 9.17) is 14.2 Å². The normalized spacial score (nSPS) is 10.9. The van der Waals surface area contributed by atoms with Crippen LogP contribution in [0.3, 0.4) is 0 Å². The lowest BCUT2D eigenvalue weighted by atomic mass is 10.1. The number of nitrogens with one attached hydrogen (secondary N) is 1. The van der Waals surface area contributed by atoms with E-state index in [1.54, 1.807) is 0 Å². The molecule has 1 amide bonds. The Morgan fingerprint density at radius 3 is 2.33 bits per heavy atom. The van der Waals surface area contributed by atoms with Crippen molar-refractivity contribution in [3.8, 4) is 11.5 Å². The number of alkyl halides is 3. The number of benzene rings is 2. The smallest absolute Gasteiger partial charge is 0.416 e. The maximum atomic E-state index is 13.1. The minimum absolute atomic E-state index is 0.0139. The highest BCUT2D eigenvalue weighted by Crippen LogP contribution is 2.35. The van der Waals surface area contributed by atoms with E-state index in [9.17, 15) is 32.9 Å². The number of rotatable bonds is 10. The highest BCUT2D eigenvalue weighted by Gasteiger charge is 2.31. The average Bonchev–Trinajstić information content (AvgIpc) is 2.77. The van der Waals surface area contributed by atoms with Gasteiger partial charge >= 0.3 is 17.8 Å². The van der Waals surface area contributed by atoms with Gasteiger partial charge in [0.15, 0.2) is 12.4 Å². The number of nitrogens with zero attached hydrogens (tertiary/aromatic N) is 1. The van der Waals surface area contributed by atoms with Crippen molar-refractivity contribution in [2.75, 3.05) is 39.4 Å². The molecule has 0 aliphatic carbocycles. The Morgan fingerprint density at radius 2 is 1.73 bits per heavy atom. The van der Waals surface area contributed by atoms with E-state index in [2.05, 4.69) is 10.1 Å². The van der Waals surface area contributed by atoms with Gasteiger partial charge in [0.1, 0.15) is 12.4 Å². The summed E-state index contributed by atoms with van der Waals surface area (Å²) in [4.78, 5) is 34.3. The predicted octanol–water partition coefficient (Wildman–Crippen LogP) is 3.44. The van der Waals surface area contributed by atoms with Crippen LogP contribution in [0.1, 0.15) is 15.9 Å². The molecule has 0 spiro atoms. The summed E-state index contributed by atoms with van der Waals surface area (Å²) in [6.07, 6.45) is -4.66. The molecule has 0 atom stereocenters. The topological polar surface area (TPSA) is 126 Å². The standard InChI is InChI=1S/C20H19F3N2O8/c1-30-7-8-32-16-6-4-13(20(21,22)23)10-14(16)24-18(26)11-33-17-5-3-12(19(27)31-2)9-15(17)25(28)29/h3-6,9-10H,7-8,11H2,1-2H3,(H,24,26). The molecule has 13 heteroatoms. The summed E-state index contributed by atoms with van der Waals surface area (Å²) in [5.41, 5.74) is -2.01. The molecule has 0 radical (unpaired) electrons. The van der Waals surface area contributed by atoms with Crippen molar-refractivity contribution in [3.05, 3.63) is 57.6 Å². The predicted molar refractivity (Wildman–Crippen MR) is 107 cm³/mol. The zero-order valence-corrected chi connectivity index (χ0v) is 17.4. The lowest BCUT2D eigenvalue weighted by Crippen LogP contribution is -2.21. The molecule has 2 aromatic carbocycles. The van der Waals surface area contributed by atoms with Crippen molar-refractivity contribution < 1.29 is 46.6 Å². The number of ether oxygens (including phenoxy) is 4. The van der Waals surface area contributed by atoms with Crippen molar-refractivity contribution in [3.63, 3.8) is 0 Å². The quantitative estimate of drug-likeness (QED) is 0.241. The maximum absolute atomic E-state index is 13.1. The van der Waals surface area contributed by atoms with E-state index >= 15 is 0 Å². The summed E-state index contributed by atoms with van der Waals surface area (Å²) in [7, 11) is 2.51. The fourth-order valence-corrected chi connectivity index (χ4v) is 2.52. The number of carbonyl (C=O) groups excluding carboxylic acids is 2. The third-order valence-corrected chi connectivity index (χ3v) is 4.06. The van der Waals surface area contributed by atoms with Crippen molar-refractivity contribution in [1.29, 1.82) is 0 Å². The van der Waals surface area contributed by atoms with Crippen LogP contribution in [0.2, 0.25) is 0 Å². The number of carbonyl (C=O) groups is 2. The van der Waals surface area contributed by atoms with Gasteiger partial charge < -0.3 is 24.3 Å². The van der Waals surface area contributed by atoms with Crippen molar-refractivity contribution in [2.45, 2.75) is 6.18 Å². The summed E-state index contributed by atoms with van der Waals surface area (Å²) in [6.45, 7) is -0.602. The first-order valence-corrected chi connectivity index (χ1v) is 9.19. The van der Waals surface area contributed by atoms with E-state index in [1.165, 1.54) is 13.2 Å². The van der Waals surface area contributed by atoms with Gasteiger partial charge in [-0.2, -0.15) is 13.2 Å². The summed E-state index contributed by atoms with van der Waals surface area (Å²) in [6, 6.07) is 5.73. The van der Waals surface area contributed by atoms with E-state index in [-0.39, 0.29) is 36.0 Å². The Balaban J connectivity index is 2.18. The van der Waals surface area contributed by atoms with E-state index in [0.29, 0.717) is 6.07 Å². The molecule has 0 bridgehead atoms. The number of hydrogen-bond donors (Lipinski definition) is 1. The molecule has 0 aliphatic heterocycles. The fraction of sp³-hybridized carbons (Fsp3) is 0.300. The molecule has 2 aromatic rings. The van der Waals surface area contributed by atoms with Gasteiger partial charge in [-0.3, -0.25) is 14.9 Å². The van der Waals surface area contributed by atoms with Crippen LogP contribution in [0.25, 0.3) is 0 Å². The lowest BCUT2D eigenvalue weighted by molar-refractivity contribution is -0.385. The summed E-state index contributed by atoms with van der Waals surface area (Å²) >= 11 is 0. The Labute approximate surface area is 185 Å². The van der Waals surface area contributed by atoms with Gasteiger partial charge in [0.2, 0.25) is 0 Å². The van der Waals surface area contributed by atoms with Crippen molar-refractivity contribution in [2.24, 2.45) is 0 Å². The molecular weight excluding hydrogens is 453 g/mol. The van der Waals surface area contributed by atoms with E-state index in [0.717, 1.165) is 31.4 Å². The van der Waals surface area contributed by atoms with Gasteiger partial charge in [-0.25, -0.2) is 4.79 Å². The fourth-order valence-electron chi connectivity index (χ4n) is 2.52. The highest BCUT2D eigenvalue weighted by molar-refractivity contribution is 5.94. The molecule has 33 heavy (non-hydrogen) atoms. The molecule has 178 valence electrons. The number of methoxy groups -OCH3 is 2. The van der Waals surface area contributed by atoms with Gasteiger partial charge in [0.05, 0.1) is 35.5 Å². The van der Waals surface area contributed by atoms with Crippen molar-refractivity contribution in [1.82, 2.24) is 0 Å². The monoisotopic (exact) mass is 472 g/mol. The van der Waals surface area contributed by atoms with Gasteiger partial charge in [-0.1, -0.05) is 0 Å². The Hall–Kier alpha value is -3.87. The zero-order chi connectivity index (χ0) is 24.6. The van der Waals surface area contributed by atoms with Crippen LogP contribution in [-0.4, -0.2) is 50.8 Å². The van der Waals surface area contributed by atoms with Crippen molar-refractivity contribution >= 4 is 23.3 Å². The second-order valence-electron chi connectivity index (χ2n) is 6.32. The number of nitro benzene ring substituents is 1. The summed E-state index contributed by atoms with van der Waals surface area (Å²) in [5.74, 6) is -2.09. The number of anilines is 1. The van der Waals surface area contributed by atoms with Gasteiger partial charge in [0.25, 0.3) is 5.91 Å². The van der Waals surface area contributed by atoms with Gasteiger partial charge in [-0.15, -0.1) is 0 Å². The minimum atomic E-state index is -4.66. The zero-order valence-electron chi connectivity index (χ0n) is 17.4. The number of esters is 1. The van der Waals surface area contributed by atoms with E-state index < -0.39 is 40.8 Å². The Morgan fingerprint density at radius 1 is 1.03 bits per heavy atom. The minimum Gasteiger partial charge on any atom is -0.489 e.